The monoisotopic (exact) mass is 484 g/mol. The van der Waals surface area contributed by atoms with Crippen molar-refractivity contribution in [1.82, 2.24) is 0 Å². The van der Waals surface area contributed by atoms with Crippen LogP contribution in [-0.4, -0.2) is 18.3 Å². The number of halogens is 3. The fourth-order valence-electron chi connectivity index (χ4n) is 3.29. The molecule has 4 aromatic rings. The molecule has 0 bridgehead atoms. The number of alkyl halides is 3. The molecule has 4 rings (SSSR count). The summed E-state index contributed by atoms with van der Waals surface area (Å²) in [6.45, 7) is 6.60. The van der Waals surface area contributed by atoms with Gasteiger partial charge in [-0.25, -0.2) is 9.59 Å². The van der Waals surface area contributed by atoms with E-state index in [1.807, 2.05) is 12.1 Å². The number of carbonyl (C=O) groups excluding carboxylic acids is 2. The molecule has 1 heterocycles. The van der Waals surface area contributed by atoms with Crippen molar-refractivity contribution >= 4 is 43.4 Å². The van der Waals surface area contributed by atoms with Gasteiger partial charge in [0.05, 0.1) is 4.70 Å². The highest BCUT2D eigenvalue weighted by Crippen LogP contribution is 2.46. The van der Waals surface area contributed by atoms with Gasteiger partial charge >= 0.3 is 18.3 Å². The van der Waals surface area contributed by atoms with E-state index >= 15 is 0 Å². The fourth-order valence-corrected chi connectivity index (χ4v) is 4.51. The fraction of sp³-hybridized carbons (Fsp3) is 0.0400. The maximum absolute atomic E-state index is 13.1. The third-order valence-electron chi connectivity index (χ3n) is 4.73. The molecule has 0 fully saturated rings. The Bertz CT molecular complexity index is 1440. The summed E-state index contributed by atoms with van der Waals surface area (Å²) >= 11 is 1.08. The van der Waals surface area contributed by atoms with Gasteiger partial charge in [0.25, 0.3) is 0 Å². The van der Waals surface area contributed by atoms with Gasteiger partial charge in [-0.3, -0.25) is 0 Å². The van der Waals surface area contributed by atoms with E-state index in [2.05, 4.69) is 17.9 Å². The first kappa shape index (κ1) is 23.1. The van der Waals surface area contributed by atoms with Crippen molar-refractivity contribution in [3.63, 3.8) is 0 Å². The first-order chi connectivity index (χ1) is 16.2. The summed E-state index contributed by atoms with van der Waals surface area (Å²) in [5.41, 5.74) is 1.61. The summed E-state index contributed by atoms with van der Waals surface area (Å²) < 4.78 is 54.5. The summed E-state index contributed by atoms with van der Waals surface area (Å²) in [6.07, 6.45) is -3.08. The molecule has 34 heavy (non-hydrogen) atoms. The molecule has 0 radical (unpaired) electrons. The molecule has 0 amide bonds. The minimum atomic E-state index is -4.98. The molecule has 0 N–H and O–H groups in total. The van der Waals surface area contributed by atoms with Crippen LogP contribution in [0.3, 0.4) is 0 Å². The molecule has 0 saturated heterocycles. The number of hydrogen-bond acceptors (Lipinski definition) is 6. The van der Waals surface area contributed by atoms with Crippen LogP contribution in [0.1, 0.15) is 0 Å². The van der Waals surface area contributed by atoms with Crippen molar-refractivity contribution in [2.24, 2.45) is 0 Å². The minimum Gasteiger partial charge on any atom is -0.423 e. The standard InChI is InChI=1S/C25H15F3O5S/c1-3-21(29)31-16-8-5-14(6-9-16)15-7-10-17-18-11-12-19(32-22(30)4-2)23(33-25(26,27)28)24(18)34-20(17)13-15/h3-13H,1-2H2. The van der Waals surface area contributed by atoms with Crippen LogP contribution in [0.4, 0.5) is 13.2 Å². The second-order valence-electron chi connectivity index (χ2n) is 6.91. The van der Waals surface area contributed by atoms with Crippen LogP contribution in [-0.2, 0) is 9.59 Å². The average molecular weight is 484 g/mol. The molecule has 0 unspecified atom stereocenters. The molecule has 172 valence electrons. The van der Waals surface area contributed by atoms with Gasteiger partial charge in [-0.1, -0.05) is 37.4 Å². The van der Waals surface area contributed by atoms with Gasteiger partial charge in [0.15, 0.2) is 11.5 Å². The van der Waals surface area contributed by atoms with Crippen molar-refractivity contribution in [3.8, 4) is 28.4 Å². The first-order valence-electron chi connectivity index (χ1n) is 9.72. The van der Waals surface area contributed by atoms with E-state index in [1.54, 1.807) is 36.4 Å². The van der Waals surface area contributed by atoms with E-state index in [4.69, 9.17) is 9.47 Å². The molecule has 0 spiro atoms. The SMILES string of the molecule is C=CC(=O)Oc1ccc(-c2ccc3c(c2)sc2c(OC(F)(F)F)c(OC(=O)C=C)ccc23)cc1. The Hall–Kier alpha value is -4.11. The quantitative estimate of drug-likeness (QED) is 0.171. The zero-order valence-electron chi connectivity index (χ0n) is 17.3. The lowest BCUT2D eigenvalue weighted by Gasteiger charge is -2.13. The van der Waals surface area contributed by atoms with Gasteiger partial charge in [0, 0.05) is 27.6 Å². The Balaban J connectivity index is 1.79. The average Bonchev–Trinajstić information content (AvgIpc) is 3.18. The molecule has 9 heteroatoms. The van der Waals surface area contributed by atoms with Crippen molar-refractivity contribution in [2.45, 2.75) is 6.36 Å². The normalized spacial score (nSPS) is 11.3. The lowest BCUT2D eigenvalue weighted by Crippen LogP contribution is -2.18. The highest BCUT2D eigenvalue weighted by atomic mass is 32.1. The Morgan fingerprint density at radius 1 is 0.824 bits per heavy atom. The topological polar surface area (TPSA) is 61.8 Å². The van der Waals surface area contributed by atoms with E-state index in [1.165, 1.54) is 6.07 Å². The number of carbonyl (C=O) groups is 2. The molecule has 1 aromatic heterocycles. The van der Waals surface area contributed by atoms with Crippen molar-refractivity contribution < 1.29 is 37.0 Å². The van der Waals surface area contributed by atoms with Gasteiger partial charge in [0.1, 0.15) is 5.75 Å². The number of hydrogen-bond donors (Lipinski definition) is 0. The number of fused-ring (bicyclic) bond motifs is 3. The molecule has 0 aliphatic carbocycles. The second-order valence-corrected chi connectivity index (χ2v) is 7.96. The van der Waals surface area contributed by atoms with Gasteiger partial charge in [-0.15, -0.1) is 24.5 Å². The van der Waals surface area contributed by atoms with Crippen LogP contribution < -0.4 is 14.2 Å². The molecule has 3 aromatic carbocycles. The summed E-state index contributed by atoms with van der Waals surface area (Å²) in [6, 6.07) is 15.0. The minimum absolute atomic E-state index is 0.186. The summed E-state index contributed by atoms with van der Waals surface area (Å²) in [7, 11) is 0. The Labute approximate surface area is 195 Å². The first-order valence-corrected chi connectivity index (χ1v) is 10.5. The largest absolute Gasteiger partial charge is 0.573 e. The van der Waals surface area contributed by atoms with E-state index in [-0.39, 0.29) is 10.4 Å². The van der Waals surface area contributed by atoms with Crippen LogP contribution in [0.25, 0.3) is 31.3 Å². The molecule has 5 nitrogen and oxygen atoms in total. The molecular formula is C25H15F3O5S. The van der Waals surface area contributed by atoms with Gasteiger partial charge in [-0.2, -0.15) is 0 Å². The van der Waals surface area contributed by atoms with Crippen LogP contribution >= 0.6 is 11.3 Å². The van der Waals surface area contributed by atoms with E-state index < -0.39 is 24.1 Å². The lowest BCUT2D eigenvalue weighted by atomic mass is 10.0. The van der Waals surface area contributed by atoms with Crippen molar-refractivity contribution in [3.05, 3.63) is 79.9 Å². The number of ether oxygens (including phenoxy) is 3. The van der Waals surface area contributed by atoms with Crippen LogP contribution in [0, 0.1) is 0 Å². The molecule has 0 aliphatic rings. The zero-order valence-corrected chi connectivity index (χ0v) is 18.2. The van der Waals surface area contributed by atoms with Gasteiger partial charge in [-0.05, 0) is 41.5 Å². The van der Waals surface area contributed by atoms with Gasteiger partial charge in [0.2, 0.25) is 0 Å². The lowest BCUT2D eigenvalue weighted by molar-refractivity contribution is -0.274. The highest BCUT2D eigenvalue weighted by Gasteiger charge is 2.34. The third kappa shape index (κ3) is 4.79. The highest BCUT2D eigenvalue weighted by molar-refractivity contribution is 7.26. The van der Waals surface area contributed by atoms with E-state index in [0.717, 1.165) is 34.6 Å². The predicted octanol–water partition coefficient (Wildman–Crippen LogP) is 6.80. The maximum Gasteiger partial charge on any atom is 0.573 e. The van der Waals surface area contributed by atoms with Crippen LogP contribution in [0.2, 0.25) is 0 Å². The molecular weight excluding hydrogens is 469 g/mol. The Kier molecular flexibility index (Phi) is 6.12. The molecule has 0 aliphatic heterocycles. The van der Waals surface area contributed by atoms with Crippen LogP contribution in [0.5, 0.6) is 17.2 Å². The maximum atomic E-state index is 13.1. The van der Waals surface area contributed by atoms with Crippen molar-refractivity contribution in [1.29, 1.82) is 0 Å². The van der Waals surface area contributed by atoms with E-state index in [9.17, 15) is 22.8 Å². The second kappa shape index (κ2) is 9.03. The smallest absolute Gasteiger partial charge is 0.423 e. The molecule has 0 atom stereocenters. The Morgan fingerprint density at radius 3 is 2.09 bits per heavy atom. The molecule has 0 saturated carbocycles. The predicted molar refractivity (Wildman–Crippen MR) is 123 cm³/mol. The van der Waals surface area contributed by atoms with Crippen molar-refractivity contribution in [2.75, 3.05) is 0 Å². The zero-order chi connectivity index (χ0) is 24.5. The number of benzene rings is 3. The number of thiophene rings is 1. The van der Waals surface area contributed by atoms with Crippen LogP contribution in [0.15, 0.2) is 79.9 Å². The van der Waals surface area contributed by atoms with Gasteiger partial charge < -0.3 is 14.2 Å². The number of rotatable bonds is 6. The summed E-state index contributed by atoms with van der Waals surface area (Å²) in [4.78, 5) is 22.9. The number of esters is 2. The Morgan fingerprint density at radius 2 is 1.44 bits per heavy atom. The summed E-state index contributed by atoms with van der Waals surface area (Å²) in [5.74, 6) is -2.07. The third-order valence-corrected chi connectivity index (χ3v) is 5.89. The summed E-state index contributed by atoms with van der Waals surface area (Å²) in [5, 5.41) is 1.24. The van der Waals surface area contributed by atoms with E-state index in [0.29, 0.717) is 21.2 Å².